The van der Waals surface area contributed by atoms with Crippen molar-refractivity contribution in [2.75, 3.05) is 31.0 Å². The largest absolute Gasteiger partial charge is 0.497 e. The van der Waals surface area contributed by atoms with E-state index < -0.39 is 5.92 Å². The summed E-state index contributed by atoms with van der Waals surface area (Å²) < 4.78 is 10.5. The van der Waals surface area contributed by atoms with Gasteiger partial charge < -0.3 is 19.7 Å². The van der Waals surface area contributed by atoms with E-state index in [2.05, 4.69) is 5.32 Å². The molecule has 2 aromatic rings. The number of amides is 2. The molecule has 0 aromatic heterocycles. The summed E-state index contributed by atoms with van der Waals surface area (Å²) in [6.45, 7) is 2.34. The molecule has 1 heterocycles. The summed E-state index contributed by atoms with van der Waals surface area (Å²) in [6.07, 6.45) is 0.193. The number of anilines is 2. The van der Waals surface area contributed by atoms with Gasteiger partial charge in [-0.15, -0.1) is 0 Å². The lowest BCUT2D eigenvalue weighted by molar-refractivity contribution is -0.122. The Hall–Kier alpha value is -3.02. The molecule has 2 amide bonds. The van der Waals surface area contributed by atoms with Gasteiger partial charge in [-0.1, -0.05) is 12.1 Å². The average Bonchev–Trinajstić information content (AvgIpc) is 3.04. The lowest BCUT2D eigenvalue weighted by Gasteiger charge is -2.17. The van der Waals surface area contributed by atoms with E-state index in [-0.39, 0.29) is 18.2 Å². The quantitative estimate of drug-likeness (QED) is 0.896. The van der Waals surface area contributed by atoms with Gasteiger partial charge in [0.25, 0.3) is 0 Å². The van der Waals surface area contributed by atoms with Crippen LogP contribution in [0.15, 0.2) is 42.5 Å². The van der Waals surface area contributed by atoms with Gasteiger partial charge in [0, 0.05) is 24.7 Å². The van der Waals surface area contributed by atoms with Crippen LogP contribution in [0.5, 0.6) is 11.5 Å². The van der Waals surface area contributed by atoms with E-state index in [4.69, 9.17) is 9.47 Å². The van der Waals surface area contributed by atoms with Crippen LogP contribution in [0.3, 0.4) is 0 Å². The summed E-state index contributed by atoms with van der Waals surface area (Å²) in [5.74, 6) is 0.503. The van der Waals surface area contributed by atoms with Crippen LogP contribution in [0.1, 0.15) is 12.0 Å². The summed E-state index contributed by atoms with van der Waals surface area (Å²) in [5, 5.41) is 2.86. The number of benzene rings is 2. The van der Waals surface area contributed by atoms with Gasteiger partial charge in [0.1, 0.15) is 11.5 Å². The third-order valence-electron chi connectivity index (χ3n) is 4.48. The number of aryl methyl sites for hydroxylation is 1. The van der Waals surface area contributed by atoms with Gasteiger partial charge in [-0.2, -0.15) is 0 Å². The Morgan fingerprint density at radius 3 is 2.65 bits per heavy atom. The Morgan fingerprint density at radius 2 is 1.96 bits per heavy atom. The molecule has 0 saturated carbocycles. The lowest BCUT2D eigenvalue weighted by atomic mass is 10.1. The van der Waals surface area contributed by atoms with E-state index in [1.807, 2.05) is 31.2 Å². The van der Waals surface area contributed by atoms with Gasteiger partial charge in [-0.05, 0) is 36.8 Å². The van der Waals surface area contributed by atoms with Gasteiger partial charge in [-0.25, -0.2) is 0 Å². The standard InChI is InChI=1S/C20H22N2O4/c1-13-5-4-6-15(9-13)22-12-14(10-19(22)23)20(24)21-17-8-7-16(25-2)11-18(17)26-3/h4-9,11,14H,10,12H2,1-3H3,(H,21,24)/t14-/m1/s1. The number of hydrogen-bond acceptors (Lipinski definition) is 4. The second-order valence-electron chi connectivity index (χ2n) is 6.30. The van der Waals surface area contributed by atoms with Crippen molar-refractivity contribution in [2.24, 2.45) is 5.92 Å². The minimum Gasteiger partial charge on any atom is -0.497 e. The molecule has 3 rings (SSSR count). The van der Waals surface area contributed by atoms with Gasteiger partial charge in [-0.3, -0.25) is 9.59 Å². The molecule has 26 heavy (non-hydrogen) atoms. The van der Waals surface area contributed by atoms with Crippen LogP contribution in [0.4, 0.5) is 11.4 Å². The van der Waals surface area contributed by atoms with Crippen molar-refractivity contribution in [1.82, 2.24) is 0 Å². The highest BCUT2D eigenvalue weighted by Gasteiger charge is 2.35. The van der Waals surface area contributed by atoms with E-state index >= 15 is 0 Å². The fraction of sp³-hybridized carbons (Fsp3) is 0.300. The van der Waals surface area contributed by atoms with Crippen molar-refractivity contribution >= 4 is 23.2 Å². The van der Waals surface area contributed by atoms with Gasteiger partial charge in [0.2, 0.25) is 11.8 Å². The van der Waals surface area contributed by atoms with Gasteiger partial charge in [0.15, 0.2) is 0 Å². The number of methoxy groups -OCH3 is 2. The Labute approximate surface area is 152 Å². The van der Waals surface area contributed by atoms with E-state index in [9.17, 15) is 9.59 Å². The fourth-order valence-electron chi connectivity index (χ4n) is 3.07. The molecule has 0 unspecified atom stereocenters. The second-order valence-corrected chi connectivity index (χ2v) is 6.30. The van der Waals surface area contributed by atoms with Crippen molar-refractivity contribution in [1.29, 1.82) is 0 Å². The molecule has 2 aromatic carbocycles. The van der Waals surface area contributed by atoms with Crippen LogP contribution in [0.2, 0.25) is 0 Å². The number of rotatable bonds is 5. The predicted molar refractivity (Wildman–Crippen MR) is 99.8 cm³/mol. The molecule has 6 nitrogen and oxygen atoms in total. The fourth-order valence-corrected chi connectivity index (χ4v) is 3.07. The van der Waals surface area contributed by atoms with E-state index in [1.54, 1.807) is 30.2 Å². The summed E-state index contributed by atoms with van der Waals surface area (Å²) in [5.41, 5.74) is 2.46. The summed E-state index contributed by atoms with van der Waals surface area (Å²) in [4.78, 5) is 26.7. The summed E-state index contributed by atoms with van der Waals surface area (Å²) in [6, 6.07) is 12.9. The number of carbonyl (C=O) groups excluding carboxylic acids is 2. The SMILES string of the molecule is COc1ccc(NC(=O)[C@@H]2CC(=O)N(c3cccc(C)c3)C2)c(OC)c1. The lowest BCUT2D eigenvalue weighted by Crippen LogP contribution is -2.28. The molecule has 0 radical (unpaired) electrons. The number of nitrogens with one attached hydrogen (secondary N) is 1. The molecule has 0 aliphatic carbocycles. The van der Waals surface area contributed by atoms with Crippen molar-refractivity contribution in [3.63, 3.8) is 0 Å². The van der Waals surface area contributed by atoms with Crippen molar-refractivity contribution < 1.29 is 19.1 Å². The van der Waals surface area contributed by atoms with Crippen LogP contribution in [0, 0.1) is 12.8 Å². The molecule has 1 aliphatic heterocycles. The number of hydrogen-bond donors (Lipinski definition) is 1. The van der Waals surface area contributed by atoms with E-state index in [1.165, 1.54) is 7.11 Å². The molecule has 1 N–H and O–H groups in total. The molecule has 1 fully saturated rings. The average molecular weight is 354 g/mol. The first-order valence-electron chi connectivity index (χ1n) is 8.41. The summed E-state index contributed by atoms with van der Waals surface area (Å²) in [7, 11) is 3.10. The zero-order valence-electron chi connectivity index (χ0n) is 15.1. The highest BCUT2D eigenvalue weighted by Crippen LogP contribution is 2.31. The Kier molecular flexibility index (Phi) is 5.11. The topological polar surface area (TPSA) is 67.9 Å². The molecular formula is C20H22N2O4. The molecular weight excluding hydrogens is 332 g/mol. The van der Waals surface area contributed by atoms with E-state index in [0.717, 1.165) is 11.3 Å². The Morgan fingerprint density at radius 1 is 1.15 bits per heavy atom. The third kappa shape index (κ3) is 3.64. The van der Waals surface area contributed by atoms with Crippen LogP contribution >= 0.6 is 0 Å². The maximum Gasteiger partial charge on any atom is 0.229 e. The smallest absolute Gasteiger partial charge is 0.229 e. The third-order valence-corrected chi connectivity index (χ3v) is 4.48. The summed E-state index contributed by atoms with van der Waals surface area (Å²) >= 11 is 0. The van der Waals surface area contributed by atoms with Crippen molar-refractivity contribution in [3.05, 3.63) is 48.0 Å². The predicted octanol–water partition coefficient (Wildman–Crippen LogP) is 3.00. The highest BCUT2D eigenvalue weighted by molar-refractivity contribution is 6.04. The normalized spacial score (nSPS) is 16.5. The van der Waals surface area contributed by atoms with Crippen LogP contribution < -0.4 is 19.7 Å². The molecule has 0 bridgehead atoms. The molecule has 0 spiro atoms. The minimum atomic E-state index is -0.408. The molecule has 1 atom stereocenters. The molecule has 1 saturated heterocycles. The van der Waals surface area contributed by atoms with Gasteiger partial charge >= 0.3 is 0 Å². The first kappa shape index (κ1) is 17.8. The van der Waals surface area contributed by atoms with Crippen LogP contribution in [0.25, 0.3) is 0 Å². The molecule has 1 aliphatic rings. The Balaban J connectivity index is 1.72. The monoisotopic (exact) mass is 354 g/mol. The zero-order valence-corrected chi connectivity index (χ0v) is 15.1. The van der Waals surface area contributed by atoms with Crippen LogP contribution in [-0.4, -0.2) is 32.6 Å². The van der Waals surface area contributed by atoms with Crippen LogP contribution in [-0.2, 0) is 9.59 Å². The Bertz CT molecular complexity index is 834. The second kappa shape index (κ2) is 7.47. The first-order chi connectivity index (χ1) is 12.5. The zero-order chi connectivity index (χ0) is 18.7. The maximum absolute atomic E-state index is 12.6. The number of carbonyl (C=O) groups is 2. The van der Waals surface area contributed by atoms with Crippen molar-refractivity contribution in [3.8, 4) is 11.5 Å². The minimum absolute atomic E-state index is 0.0440. The molecule has 6 heteroatoms. The van der Waals surface area contributed by atoms with Gasteiger partial charge in [0.05, 0.1) is 25.8 Å². The number of ether oxygens (including phenoxy) is 2. The first-order valence-corrected chi connectivity index (χ1v) is 8.41. The number of nitrogens with zero attached hydrogens (tertiary/aromatic N) is 1. The van der Waals surface area contributed by atoms with E-state index in [0.29, 0.717) is 23.7 Å². The maximum atomic E-state index is 12.6. The van der Waals surface area contributed by atoms with Crippen molar-refractivity contribution in [2.45, 2.75) is 13.3 Å². The molecule has 136 valence electrons. The highest BCUT2D eigenvalue weighted by atomic mass is 16.5.